The van der Waals surface area contributed by atoms with Crippen LogP contribution in [0.1, 0.15) is 25.0 Å². The minimum atomic E-state index is 0.161. The Morgan fingerprint density at radius 1 is 1.00 bits per heavy atom. The molecule has 2 aromatic rings. The molecule has 0 atom stereocenters. The third-order valence-corrected chi connectivity index (χ3v) is 4.97. The van der Waals surface area contributed by atoms with Crippen LogP contribution in [0.5, 0.6) is 11.5 Å². The fourth-order valence-corrected chi connectivity index (χ4v) is 3.43. The standard InChI is InChI=1S/C23H30N2O3/c1-18(2)28-22-7-5-4-6-20(22)17-24-12-14-25(15-13-24)23(26)16-19-8-10-21(27-3)11-9-19/h4-11,18H,12-17H2,1-3H3. The van der Waals surface area contributed by atoms with Gasteiger partial charge in [0.1, 0.15) is 11.5 Å². The molecule has 1 amide bonds. The lowest BCUT2D eigenvalue weighted by Crippen LogP contribution is -2.48. The fraction of sp³-hybridized carbons (Fsp3) is 0.435. The van der Waals surface area contributed by atoms with Crippen LogP contribution in [0.25, 0.3) is 0 Å². The number of methoxy groups -OCH3 is 1. The van der Waals surface area contributed by atoms with Gasteiger partial charge in [0.25, 0.3) is 0 Å². The highest BCUT2D eigenvalue weighted by Crippen LogP contribution is 2.22. The molecule has 0 aromatic heterocycles. The molecule has 5 heteroatoms. The summed E-state index contributed by atoms with van der Waals surface area (Å²) in [5, 5.41) is 0. The molecule has 5 nitrogen and oxygen atoms in total. The van der Waals surface area contributed by atoms with Crippen LogP contribution in [0.3, 0.4) is 0 Å². The van der Waals surface area contributed by atoms with Crippen molar-refractivity contribution in [1.29, 1.82) is 0 Å². The molecule has 3 rings (SSSR count). The van der Waals surface area contributed by atoms with Gasteiger partial charge in [0.05, 0.1) is 19.6 Å². The maximum absolute atomic E-state index is 12.6. The predicted octanol–water partition coefficient (Wildman–Crippen LogP) is 3.37. The lowest BCUT2D eigenvalue weighted by Gasteiger charge is -2.35. The number of rotatable bonds is 7. The Balaban J connectivity index is 1.51. The van der Waals surface area contributed by atoms with Crippen molar-refractivity contribution in [3.8, 4) is 11.5 Å². The third kappa shape index (κ3) is 5.49. The molecule has 1 fully saturated rings. The van der Waals surface area contributed by atoms with E-state index in [0.717, 1.165) is 49.8 Å². The van der Waals surface area contributed by atoms with Gasteiger partial charge in [-0.3, -0.25) is 9.69 Å². The zero-order valence-corrected chi connectivity index (χ0v) is 17.1. The van der Waals surface area contributed by atoms with Gasteiger partial charge in [0.15, 0.2) is 0 Å². The molecule has 2 aromatic carbocycles. The zero-order valence-electron chi connectivity index (χ0n) is 17.1. The average Bonchev–Trinajstić information content (AvgIpc) is 2.70. The molecule has 0 N–H and O–H groups in total. The minimum Gasteiger partial charge on any atom is -0.497 e. The normalized spacial score (nSPS) is 14.9. The van der Waals surface area contributed by atoms with E-state index in [-0.39, 0.29) is 12.0 Å². The first-order valence-electron chi connectivity index (χ1n) is 9.93. The largest absolute Gasteiger partial charge is 0.497 e. The third-order valence-electron chi connectivity index (χ3n) is 4.97. The molecular weight excluding hydrogens is 352 g/mol. The number of carbonyl (C=O) groups is 1. The monoisotopic (exact) mass is 382 g/mol. The molecule has 0 spiro atoms. The second kappa shape index (κ2) is 9.60. The highest BCUT2D eigenvalue weighted by atomic mass is 16.5. The summed E-state index contributed by atoms with van der Waals surface area (Å²) in [4.78, 5) is 17.0. The topological polar surface area (TPSA) is 42.0 Å². The molecule has 28 heavy (non-hydrogen) atoms. The van der Waals surface area contributed by atoms with Crippen LogP contribution < -0.4 is 9.47 Å². The Bertz CT molecular complexity index is 766. The van der Waals surface area contributed by atoms with E-state index in [9.17, 15) is 4.79 Å². The SMILES string of the molecule is COc1ccc(CC(=O)N2CCN(Cc3ccccc3OC(C)C)CC2)cc1. The molecule has 0 saturated carbocycles. The van der Waals surface area contributed by atoms with Crippen LogP contribution in [0.4, 0.5) is 0 Å². The van der Waals surface area contributed by atoms with Gasteiger partial charge in [-0.25, -0.2) is 0 Å². The van der Waals surface area contributed by atoms with Crippen LogP contribution in [-0.2, 0) is 17.8 Å². The number of amides is 1. The summed E-state index contributed by atoms with van der Waals surface area (Å²) >= 11 is 0. The van der Waals surface area contributed by atoms with Crippen LogP contribution in [0.15, 0.2) is 48.5 Å². The van der Waals surface area contributed by atoms with Crippen molar-refractivity contribution >= 4 is 5.91 Å². The number of carbonyl (C=O) groups excluding carboxylic acids is 1. The van der Waals surface area contributed by atoms with Gasteiger partial charge in [0.2, 0.25) is 5.91 Å². The van der Waals surface area contributed by atoms with Crippen LogP contribution >= 0.6 is 0 Å². The molecule has 0 bridgehead atoms. The number of ether oxygens (including phenoxy) is 2. The van der Waals surface area contributed by atoms with Crippen LogP contribution in [0.2, 0.25) is 0 Å². The van der Waals surface area contributed by atoms with Crippen molar-refractivity contribution in [2.45, 2.75) is 32.9 Å². The Labute approximate surface area is 167 Å². The Hall–Kier alpha value is -2.53. The first-order chi connectivity index (χ1) is 13.5. The van der Waals surface area contributed by atoms with E-state index >= 15 is 0 Å². The van der Waals surface area contributed by atoms with Crippen molar-refractivity contribution < 1.29 is 14.3 Å². The van der Waals surface area contributed by atoms with Gasteiger partial charge in [-0.1, -0.05) is 30.3 Å². The van der Waals surface area contributed by atoms with E-state index in [1.165, 1.54) is 5.56 Å². The number of hydrogen-bond donors (Lipinski definition) is 0. The molecule has 1 aliphatic heterocycles. The highest BCUT2D eigenvalue weighted by molar-refractivity contribution is 5.79. The molecule has 0 aliphatic carbocycles. The first-order valence-corrected chi connectivity index (χ1v) is 9.93. The van der Waals surface area contributed by atoms with E-state index < -0.39 is 0 Å². The molecule has 150 valence electrons. The summed E-state index contributed by atoms with van der Waals surface area (Å²) in [5.74, 6) is 1.95. The van der Waals surface area contributed by atoms with Crippen molar-refractivity contribution in [3.63, 3.8) is 0 Å². The summed E-state index contributed by atoms with van der Waals surface area (Å²) in [5.41, 5.74) is 2.22. The Morgan fingerprint density at radius 3 is 2.32 bits per heavy atom. The van der Waals surface area contributed by atoms with Gasteiger partial charge >= 0.3 is 0 Å². The van der Waals surface area contributed by atoms with Gasteiger partial charge in [-0.15, -0.1) is 0 Å². The van der Waals surface area contributed by atoms with Crippen LogP contribution in [0, 0.1) is 0 Å². The minimum absolute atomic E-state index is 0.161. The first kappa shape index (κ1) is 20.2. The van der Waals surface area contributed by atoms with Crippen molar-refractivity contribution in [3.05, 3.63) is 59.7 Å². The van der Waals surface area contributed by atoms with Crippen molar-refractivity contribution in [2.75, 3.05) is 33.3 Å². The highest BCUT2D eigenvalue weighted by Gasteiger charge is 2.22. The Kier molecular flexibility index (Phi) is 6.93. The quantitative estimate of drug-likeness (QED) is 0.736. The lowest BCUT2D eigenvalue weighted by molar-refractivity contribution is -0.132. The van der Waals surface area contributed by atoms with E-state index in [2.05, 4.69) is 17.0 Å². The van der Waals surface area contributed by atoms with E-state index in [1.807, 2.05) is 55.1 Å². The van der Waals surface area contributed by atoms with Gasteiger partial charge in [-0.05, 0) is 37.6 Å². The summed E-state index contributed by atoms with van der Waals surface area (Å²) in [6.45, 7) is 8.23. The van der Waals surface area contributed by atoms with Crippen molar-refractivity contribution in [2.24, 2.45) is 0 Å². The Morgan fingerprint density at radius 2 is 1.68 bits per heavy atom. The van der Waals surface area contributed by atoms with E-state index in [1.54, 1.807) is 7.11 Å². The number of benzene rings is 2. The fourth-order valence-electron chi connectivity index (χ4n) is 3.43. The summed E-state index contributed by atoms with van der Waals surface area (Å²) < 4.78 is 11.1. The number of nitrogens with zero attached hydrogens (tertiary/aromatic N) is 2. The summed E-state index contributed by atoms with van der Waals surface area (Å²) in [6.07, 6.45) is 0.600. The zero-order chi connectivity index (χ0) is 19.9. The number of hydrogen-bond acceptors (Lipinski definition) is 4. The molecule has 0 radical (unpaired) electrons. The smallest absolute Gasteiger partial charge is 0.227 e. The summed E-state index contributed by atoms with van der Waals surface area (Å²) in [6, 6.07) is 15.9. The van der Waals surface area contributed by atoms with Gasteiger partial charge < -0.3 is 14.4 Å². The molecule has 1 aliphatic rings. The molecule has 0 unspecified atom stereocenters. The number of para-hydroxylation sites is 1. The van der Waals surface area contributed by atoms with E-state index in [4.69, 9.17) is 9.47 Å². The van der Waals surface area contributed by atoms with E-state index in [0.29, 0.717) is 6.42 Å². The number of piperazine rings is 1. The summed E-state index contributed by atoms with van der Waals surface area (Å²) in [7, 11) is 1.65. The lowest BCUT2D eigenvalue weighted by atomic mass is 10.1. The molecule has 1 saturated heterocycles. The average molecular weight is 383 g/mol. The maximum atomic E-state index is 12.6. The van der Waals surface area contributed by atoms with Gasteiger partial charge in [-0.2, -0.15) is 0 Å². The van der Waals surface area contributed by atoms with Gasteiger partial charge in [0, 0.05) is 38.3 Å². The van der Waals surface area contributed by atoms with Crippen molar-refractivity contribution in [1.82, 2.24) is 9.80 Å². The maximum Gasteiger partial charge on any atom is 0.227 e. The predicted molar refractivity (Wildman–Crippen MR) is 111 cm³/mol. The molecule has 1 heterocycles. The second-order valence-corrected chi connectivity index (χ2v) is 7.46. The second-order valence-electron chi connectivity index (χ2n) is 7.46. The molecular formula is C23H30N2O3. The van der Waals surface area contributed by atoms with Crippen LogP contribution in [-0.4, -0.2) is 55.1 Å².